The minimum atomic E-state index is -2.54. The fourth-order valence-electron chi connectivity index (χ4n) is 1.91. The van der Waals surface area contributed by atoms with Crippen LogP contribution in [0.3, 0.4) is 0 Å². The minimum absolute atomic E-state index is 0.220. The molecule has 0 saturated carbocycles. The van der Waals surface area contributed by atoms with Gasteiger partial charge < -0.3 is 14.0 Å². The molecule has 0 aromatic heterocycles. The Morgan fingerprint density at radius 2 is 1.76 bits per heavy atom. The topological polar surface area (TPSA) is 27.7 Å². The van der Waals surface area contributed by atoms with E-state index in [1.807, 2.05) is 27.7 Å². The quantitative estimate of drug-likeness (QED) is 0.797. The molecule has 0 bridgehead atoms. The average molecular weight is 319 g/mol. The summed E-state index contributed by atoms with van der Waals surface area (Å²) < 4.78 is 41.0. The molecule has 1 aromatic rings. The standard InChI is InChI=1S/C14H18BClF2O3/c1-13(2)14(3,4)21-15(20-13)9-5-6-11(10(16)7-9)19-8-12(17)18/h5-7,12H,8H2,1-4H3. The van der Waals surface area contributed by atoms with Crippen LogP contribution in [-0.4, -0.2) is 31.4 Å². The highest BCUT2D eigenvalue weighted by Crippen LogP contribution is 2.37. The summed E-state index contributed by atoms with van der Waals surface area (Å²) in [6, 6.07) is 4.87. The molecule has 1 fully saturated rings. The Morgan fingerprint density at radius 3 is 2.24 bits per heavy atom. The molecule has 116 valence electrons. The molecular formula is C14H18BClF2O3. The minimum Gasteiger partial charge on any atom is -0.486 e. The van der Waals surface area contributed by atoms with Crippen molar-refractivity contribution in [1.82, 2.24) is 0 Å². The summed E-state index contributed by atoms with van der Waals surface area (Å²) in [6.45, 7) is 7.13. The number of rotatable bonds is 4. The van der Waals surface area contributed by atoms with Crippen molar-refractivity contribution in [3.63, 3.8) is 0 Å². The van der Waals surface area contributed by atoms with Gasteiger partial charge >= 0.3 is 7.12 Å². The van der Waals surface area contributed by atoms with Gasteiger partial charge in [0, 0.05) is 0 Å². The summed E-state index contributed by atoms with van der Waals surface area (Å²) in [5.41, 5.74) is -0.174. The largest absolute Gasteiger partial charge is 0.494 e. The van der Waals surface area contributed by atoms with Crippen LogP contribution in [0.25, 0.3) is 0 Å². The first-order valence-electron chi connectivity index (χ1n) is 6.68. The molecule has 1 saturated heterocycles. The van der Waals surface area contributed by atoms with Crippen molar-refractivity contribution in [2.75, 3.05) is 6.61 Å². The summed E-state index contributed by atoms with van der Waals surface area (Å²) in [5, 5.41) is 0.253. The van der Waals surface area contributed by atoms with E-state index in [4.69, 9.17) is 25.6 Å². The van der Waals surface area contributed by atoms with Gasteiger partial charge in [-0.3, -0.25) is 0 Å². The van der Waals surface area contributed by atoms with Crippen molar-refractivity contribution >= 4 is 24.2 Å². The number of hydrogen-bond acceptors (Lipinski definition) is 3. The molecule has 0 radical (unpaired) electrons. The third-order valence-corrected chi connectivity index (χ3v) is 4.14. The Kier molecular flexibility index (Phi) is 4.52. The zero-order chi connectivity index (χ0) is 15.8. The van der Waals surface area contributed by atoms with Crippen LogP contribution >= 0.6 is 11.6 Å². The van der Waals surface area contributed by atoms with Gasteiger partial charge in [-0.1, -0.05) is 17.7 Å². The van der Waals surface area contributed by atoms with Gasteiger partial charge in [-0.15, -0.1) is 0 Å². The first-order chi connectivity index (χ1) is 9.62. The van der Waals surface area contributed by atoms with Crippen molar-refractivity contribution in [3.05, 3.63) is 23.2 Å². The van der Waals surface area contributed by atoms with Crippen LogP contribution in [0.1, 0.15) is 27.7 Å². The number of benzene rings is 1. The van der Waals surface area contributed by atoms with E-state index in [-0.39, 0.29) is 10.8 Å². The molecule has 0 aliphatic carbocycles. The summed E-state index contributed by atoms with van der Waals surface area (Å²) in [6.07, 6.45) is -2.54. The SMILES string of the molecule is CC1(C)OB(c2ccc(OCC(F)F)c(Cl)c2)OC1(C)C. The van der Waals surface area contributed by atoms with Crippen molar-refractivity contribution in [3.8, 4) is 5.75 Å². The van der Waals surface area contributed by atoms with Gasteiger partial charge in [0.1, 0.15) is 12.4 Å². The Hall–Kier alpha value is -0.845. The lowest BCUT2D eigenvalue weighted by atomic mass is 9.79. The third-order valence-electron chi connectivity index (χ3n) is 3.85. The van der Waals surface area contributed by atoms with Crippen molar-refractivity contribution in [2.24, 2.45) is 0 Å². The number of halogens is 3. The van der Waals surface area contributed by atoms with E-state index in [0.717, 1.165) is 5.46 Å². The highest BCUT2D eigenvalue weighted by Gasteiger charge is 2.51. The van der Waals surface area contributed by atoms with Gasteiger partial charge in [0.05, 0.1) is 16.2 Å². The van der Waals surface area contributed by atoms with Gasteiger partial charge in [0.25, 0.3) is 6.43 Å². The van der Waals surface area contributed by atoms with Crippen LogP contribution in [0.2, 0.25) is 5.02 Å². The van der Waals surface area contributed by atoms with Crippen LogP contribution in [0.15, 0.2) is 18.2 Å². The summed E-state index contributed by atoms with van der Waals surface area (Å²) >= 11 is 6.05. The summed E-state index contributed by atoms with van der Waals surface area (Å²) in [4.78, 5) is 0. The van der Waals surface area contributed by atoms with E-state index in [9.17, 15) is 8.78 Å². The third kappa shape index (κ3) is 3.50. The first kappa shape index (κ1) is 16.5. The maximum absolute atomic E-state index is 12.1. The molecule has 3 nitrogen and oxygen atoms in total. The van der Waals surface area contributed by atoms with Crippen molar-refractivity contribution in [1.29, 1.82) is 0 Å². The van der Waals surface area contributed by atoms with E-state index in [2.05, 4.69) is 0 Å². The lowest BCUT2D eigenvalue weighted by Gasteiger charge is -2.32. The fourth-order valence-corrected chi connectivity index (χ4v) is 2.16. The van der Waals surface area contributed by atoms with Gasteiger partial charge in [-0.05, 0) is 45.3 Å². The van der Waals surface area contributed by atoms with Gasteiger partial charge in [-0.25, -0.2) is 8.78 Å². The Bertz CT molecular complexity index is 507. The molecule has 1 aromatic carbocycles. The molecule has 0 unspecified atom stereocenters. The van der Waals surface area contributed by atoms with E-state index in [1.54, 1.807) is 18.2 Å². The lowest BCUT2D eigenvalue weighted by molar-refractivity contribution is 0.00578. The average Bonchev–Trinajstić information content (AvgIpc) is 2.56. The monoisotopic (exact) mass is 318 g/mol. The second-order valence-corrected chi connectivity index (χ2v) is 6.39. The van der Waals surface area contributed by atoms with Crippen LogP contribution in [0.5, 0.6) is 5.75 Å². The maximum atomic E-state index is 12.1. The predicted octanol–water partition coefficient (Wildman–Crippen LogP) is 3.28. The molecule has 0 spiro atoms. The first-order valence-corrected chi connectivity index (χ1v) is 7.06. The molecule has 0 N–H and O–H groups in total. The molecule has 21 heavy (non-hydrogen) atoms. The van der Waals surface area contributed by atoms with E-state index in [1.165, 1.54) is 0 Å². The zero-order valence-corrected chi connectivity index (χ0v) is 13.2. The van der Waals surface area contributed by atoms with Gasteiger partial charge in [-0.2, -0.15) is 0 Å². The van der Waals surface area contributed by atoms with Crippen LogP contribution in [0.4, 0.5) is 8.78 Å². The molecular weight excluding hydrogens is 300 g/mol. The molecule has 0 atom stereocenters. The van der Waals surface area contributed by atoms with Crippen LogP contribution < -0.4 is 10.2 Å². The lowest BCUT2D eigenvalue weighted by Crippen LogP contribution is -2.41. The molecule has 2 rings (SSSR count). The highest BCUT2D eigenvalue weighted by atomic mass is 35.5. The number of alkyl halides is 2. The second kappa shape index (κ2) is 5.74. The molecule has 1 heterocycles. The molecule has 1 aliphatic heterocycles. The van der Waals surface area contributed by atoms with Crippen molar-refractivity contribution < 1.29 is 22.8 Å². The normalized spacial score (nSPS) is 20.1. The van der Waals surface area contributed by atoms with Crippen LogP contribution in [0, 0.1) is 0 Å². The zero-order valence-electron chi connectivity index (χ0n) is 12.5. The number of ether oxygens (including phenoxy) is 1. The smallest absolute Gasteiger partial charge is 0.486 e. The predicted molar refractivity (Wildman–Crippen MR) is 78.7 cm³/mol. The Morgan fingerprint density at radius 1 is 1.19 bits per heavy atom. The molecule has 7 heteroatoms. The Balaban J connectivity index is 2.14. The highest BCUT2D eigenvalue weighted by molar-refractivity contribution is 6.62. The molecule has 0 amide bonds. The van der Waals surface area contributed by atoms with E-state index < -0.39 is 31.4 Å². The summed E-state index contributed by atoms with van der Waals surface area (Å²) in [7, 11) is -0.545. The maximum Gasteiger partial charge on any atom is 0.494 e. The second-order valence-electron chi connectivity index (χ2n) is 5.98. The summed E-state index contributed by atoms with van der Waals surface area (Å²) in [5.74, 6) is 0.220. The van der Waals surface area contributed by atoms with Gasteiger partial charge in [0.15, 0.2) is 0 Å². The fraction of sp³-hybridized carbons (Fsp3) is 0.571. The number of hydrogen-bond donors (Lipinski definition) is 0. The molecule has 1 aliphatic rings. The van der Waals surface area contributed by atoms with Gasteiger partial charge in [0.2, 0.25) is 0 Å². The van der Waals surface area contributed by atoms with E-state index >= 15 is 0 Å². The Labute approximate surface area is 128 Å². The van der Waals surface area contributed by atoms with Crippen molar-refractivity contribution in [2.45, 2.75) is 45.3 Å². The van der Waals surface area contributed by atoms with Crippen LogP contribution in [-0.2, 0) is 9.31 Å². The van der Waals surface area contributed by atoms with E-state index in [0.29, 0.717) is 0 Å².